The first-order valence-electron chi connectivity index (χ1n) is 10.0. The second kappa shape index (κ2) is 6.04. The average molecular weight is 440 g/mol. The lowest BCUT2D eigenvalue weighted by Gasteiger charge is -2.48. The van der Waals surface area contributed by atoms with E-state index in [1.807, 2.05) is 0 Å². The SMILES string of the molecule is C=C(C)[C@@H]1[C@@H](O)C2OC(=O)C34OC5OC(=O)[C@H](OC)C51C23[C@@H](O)C(CO)OC(=O)[C@H]4C. The van der Waals surface area contributed by atoms with Crippen LogP contribution in [0.2, 0.25) is 0 Å². The number of carbonyl (C=O) groups excluding carboxylic acids is 3. The van der Waals surface area contributed by atoms with Crippen molar-refractivity contribution >= 4 is 17.9 Å². The van der Waals surface area contributed by atoms with Crippen molar-refractivity contribution in [2.45, 2.75) is 56.3 Å². The molecule has 5 fully saturated rings. The van der Waals surface area contributed by atoms with Gasteiger partial charge in [-0.05, 0) is 13.8 Å². The Morgan fingerprint density at radius 1 is 1.16 bits per heavy atom. The smallest absolute Gasteiger partial charge is 0.340 e. The molecular formula is C20H24O11. The van der Waals surface area contributed by atoms with E-state index in [0.29, 0.717) is 5.57 Å². The number of carbonyl (C=O) groups is 3. The summed E-state index contributed by atoms with van der Waals surface area (Å²) in [4.78, 5) is 39.0. The lowest BCUT2D eigenvalue weighted by molar-refractivity contribution is -0.206. The Bertz CT molecular complexity index is 902. The summed E-state index contributed by atoms with van der Waals surface area (Å²) in [5.74, 6) is -4.99. The Morgan fingerprint density at radius 2 is 1.84 bits per heavy atom. The second-order valence-electron chi connectivity index (χ2n) is 9.01. The Labute approximate surface area is 176 Å². The van der Waals surface area contributed by atoms with E-state index in [-0.39, 0.29) is 0 Å². The summed E-state index contributed by atoms with van der Waals surface area (Å²) in [6, 6.07) is 0. The van der Waals surface area contributed by atoms with Crippen molar-refractivity contribution in [2.75, 3.05) is 13.7 Å². The molecule has 2 spiro atoms. The Balaban J connectivity index is 1.93. The molecule has 0 radical (unpaired) electrons. The van der Waals surface area contributed by atoms with Gasteiger partial charge in [-0.2, -0.15) is 0 Å². The molecule has 11 nitrogen and oxygen atoms in total. The van der Waals surface area contributed by atoms with Crippen LogP contribution in [0.25, 0.3) is 0 Å². The molecule has 11 atom stereocenters. The number of ether oxygens (including phenoxy) is 5. The van der Waals surface area contributed by atoms with Gasteiger partial charge in [-0.25, -0.2) is 9.59 Å². The molecule has 0 amide bonds. The van der Waals surface area contributed by atoms with Gasteiger partial charge in [0.1, 0.15) is 12.2 Å². The van der Waals surface area contributed by atoms with Gasteiger partial charge < -0.3 is 39.0 Å². The fourth-order valence-electron chi connectivity index (χ4n) is 7.22. The zero-order chi connectivity index (χ0) is 22.7. The van der Waals surface area contributed by atoms with Crippen LogP contribution in [-0.2, 0) is 38.1 Å². The molecule has 6 unspecified atom stereocenters. The maximum absolute atomic E-state index is 13.3. The summed E-state index contributed by atoms with van der Waals surface area (Å²) in [5, 5.41) is 32.9. The highest BCUT2D eigenvalue weighted by atomic mass is 16.8. The third-order valence-electron chi connectivity index (χ3n) is 8.03. The van der Waals surface area contributed by atoms with Crippen molar-refractivity contribution in [2.24, 2.45) is 22.7 Å². The van der Waals surface area contributed by atoms with Crippen LogP contribution in [0.15, 0.2) is 12.2 Å². The van der Waals surface area contributed by atoms with E-state index in [9.17, 15) is 29.7 Å². The number of aliphatic hydroxyl groups excluding tert-OH is 3. The van der Waals surface area contributed by atoms with E-state index < -0.39 is 89.6 Å². The molecule has 0 aromatic heterocycles. The number of aliphatic hydroxyl groups is 3. The summed E-state index contributed by atoms with van der Waals surface area (Å²) in [6.07, 6.45) is -8.89. The van der Waals surface area contributed by atoms with Crippen LogP contribution in [-0.4, -0.2) is 89.4 Å². The molecule has 170 valence electrons. The first kappa shape index (κ1) is 20.8. The van der Waals surface area contributed by atoms with Crippen LogP contribution in [0, 0.1) is 22.7 Å². The number of cyclic esters (lactones) is 1. The number of esters is 3. The number of methoxy groups -OCH3 is 1. The van der Waals surface area contributed by atoms with Gasteiger partial charge in [0.2, 0.25) is 6.29 Å². The number of hydrogen-bond acceptors (Lipinski definition) is 11. The minimum absolute atomic E-state index is 0.411. The molecule has 0 bridgehead atoms. The lowest BCUT2D eigenvalue weighted by Crippen LogP contribution is -2.67. The molecule has 11 heteroatoms. The van der Waals surface area contributed by atoms with Crippen molar-refractivity contribution < 1.29 is 53.4 Å². The van der Waals surface area contributed by atoms with Crippen LogP contribution in [0.4, 0.5) is 0 Å². The van der Waals surface area contributed by atoms with Crippen LogP contribution >= 0.6 is 0 Å². The highest BCUT2D eigenvalue weighted by Crippen LogP contribution is 2.80. The van der Waals surface area contributed by atoms with Crippen molar-refractivity contribution in [3.63, 3.8) is 0 Å². The van der Waals surface area contributed by atoms with Crippen LogP contribution in [0.1, 0.15) is 13.8 Å². The van der Waals surface area contributed by atoms with Gasteiger partial charge in [-0.1, -0.05) is 12.2 Å². The first-order valence-corrected chi connectivity index (χ1v) is 10.0. The molecule has 4 saturated heterocycles. The molecule has 0 aromatic carbocycles. The average Bonchev–Trinajstić information content (AvgIpc) is 3.29. The van der Waals surface area contributed by atoms with E-state index in [2.05, 4.69) is 6.58 Å². The Morgan fingerprint density at radius 3 is 2.42 bits per heavy atom. The summed E-state index contributed by atoms with van der Waals surface area (Å²) in [5.41, 5.74) is -5.34. The van der Waals surface area contributed by atoms with E-state index in [4.69, 9.17) is 23.7 Å². The summed E-state index contributed by atoms with van der Waals surface area (Å²) in [6.45, 7) is 6.16. The van der Waals surface area contributed by atoms with Crippen molar-refractivity contribution in [3.05, 3.63) is 12.2 Å². The third kappa shape index (κ3) is 1.78. The van der Waals surface area contributed by atoms with Gasteiger partial charge in [-0.3, -0.25) is 4.79 Å². The molecule has 4 aliphatic heterocycles. The summed E-state index contributed by atoms with van der Waals surface area (Å²) < 4.78 is 28.0. The molecule has 5 aliphatic rings. The van der Waals surface area contributed by atoms with Crippen molar-refractivity contribution in [1.82, 2.24) is 0 Å². The monoisotopic (exact) mass is 440 g/mol. The quantitative estimate of drug-likeness (QED) is 0.254. The number of rotatable bonds is 3. The Hall–Kier alpha value is -2.05. The summed E-state index contributed by atoms with van der Waals surface area (Å²) in [7, 11) is 1.25. The van der Waals surface area contributed by atoms with E-state index in [1.54, 1.807) is 6.92 Å². The molecule has 1 aliphatic carbocycles. The summed E-state index contributed by atoms with van der Waals surface area (Å²) >= 11 is 0. The van der Waals surface area contributed by atoms with Gasteiger partial charge >= 0.3 is 17.9 Å². The van der Waals surface area contributed by atoms with Gasteiger partial charge in [0.25, 0.3) is 0 Å². The van der Waals surface area contributed by atoms with Crippen molar-refractivity contribution in [3.8, 4) is 0 Å². The standard InChI is InChI=1S/C20H24O11/c1-6(2)9-10(22)12-19-11(23)8(5-21)28-14(24)7(3)20(19,16(26)29-12)31-17-18(9,19)13(27-4)15(25)30-17/h7-13,17,21-23H,1,5H2,2-4H3/t7-,8?,9-,10-,11+,12?,13+,17?,18?,19?,20?/m1/s1. The fourth-order valence-corrected chi connectivity index (χ4v) is 7.22. The van der Waals surface area contributed by atoms with E-state index in [0.717, 1.165) is 0 Å². The molecule has 4 heterocycles. The molecule has 0 aromatic rings. The van der Waals surface area contributed by atoms with Gasteiger partial charge in [0, 0.05) is 13.0 Å². The van der Waals surface area contributed by atoms with Crippen LogP contribution in [0.3, 0.4) is 0 Å². The zero-order valence-corrected chi connectivity index (χ0v) is 17.1. The minimum Gasteiger partial charge on any atom is -0.457 e. The zero-order valence-electron chi connectivity index (χ0n) is 17.1. The highest BCUT2D eigenvalue weighted by molar-refractivity contribution is 5.94. The topological polar surface area (TPSA) is 158 Å². The fraction of sp³-hybridized carbons (Fsp3) is 0.750. The maximum atomic E-state index is 13.3. The predicted octanol–water partition coefficient (Wildman–Crippen LogP) is -1.97. The van der Waals surface area contributed by atoms with Crippen LogP contribution in [0.5, 0.6) is 0 Å². The van der Waals surface area contributed by atoms with Gasteiger partial charge in [0.15, 0.2) is 17.8 Å². The minimum atomic E-state index is -2.15. The van der Waals surface area contributed by atoms with Crippen LogP contribution < -0.4 is 0 Å². The van der Waals surface area contributed by atoms with E-state index >= 15 is 0 Å². The Kier molecular flexibility index (Phi) is 4.06. The van der Waals surface area contributed by atoms with Crippen molar-refractivity contribution in [1.29, 1.82) is 0 Å². The molecule has 3 N–H and O–H groups in total. The molecular weight excluding hydrogens is 416 g/mol. The first-order chi connectivity index (χ1) is 14.6. The van der Waals surface area contributed by atoms with Gasteiger partial charge in [0.05, 0.1) is 29.5 Å². The number of hydrogen-bond donors (Lipinski definition) is 3. The molecule has 1 saturated carbocycles. The third-order valence-corrected chi connectivity index (χ3v) is 8.03. The maximum Gasteiger partial charge on any atom is 0.340 e. The largest absolute Gasteiger partial charge is 0.457 e. The molecule has 5 rings (SSSR count). The second-order valence-corrected chi connectivity index (χ2v) is 9.01. The van der Waals surface area contributed by atoms with Gasteiger partial charge in [-0.15, -0.1) is 0 Å². The lowest BCUT2D eigenvalue weighted by atomic mass is 9.50. The highest BCUT2D eigenvalue weighted by Gasteiger charge is 2.98. The van der Waals surface area contributed by atoms with E-state index in [1.165, 1.54) is 14.0 Å². The normalized spacial score (nSPS) is 54.5. The molecule has 31 heavy (non-hydrogen) atoms. The predicted molar refractivity (Wildman–Crippen MR) is 95.7 cm³/mol.